The van der Waals surface area contributed by atoms with Gasteiger partial charge in [-0.1, -0.05) is 39.5 Å². The van der Waals surface area contributed by atoms with Crippen molar-refractivity contribution in [2.24, 2.45) is 0 Å². The Bertz CT molecular complexity index is 466. The number of hydrogen-bond donors (Lipinski definition) is 0. The number of carbonyl (C=O) groups excluding carboxylic acids is 1. The molecule has 0 saturated carbocycles. The first kappa shape index (κ1) is 15.8. The Kier molecular flexibility index (Phi) is 6.17. The van der Waals surface area contributed by atoms with Crippen LogP contribution in [0.4, 0.5) is 0 Å². The maximum atomic E-state index is 12.7. The molecule has 0 N–H and O–H groups in total. The molecule has 6 heteroatoms. The highest BCUT2D eigenvalue weighted by molar-refractivity contribution is 8.63. The van der Waals surface area contributed by atoms with E-state index in [4.69, 9.17) is 0 Å². The lowest BCUT2D eigenvalue weighted by atomic mass is 9.99. The van der Waals surface area contributed by atoms with Gasteiger partial charge >= 0.3 is 0 Å². The summed E-state index contributed by atoms with van der Waals surface area (Å²) in [6.07, 6.45) is 3.25. The highest BCUT2D eigenvalue weighted by Gasteiger charge is 2.27. The van der Waals surface area contributed by atoms with Crippen molar-refractivity contribution >= 4 is 44.3 Å². The van der Waals surface area contributed by atoms with Crippen molar-refractivity contribution in [3.05, 3.63) is 29.3 Å². The van der Waals surface area contributed by atoms with E-state index in [9.17, 15) is 4.79 Å². The summed E-state index contributed by atoms with van der Waals surface area (Å²) in [7, 11) is 6.25. The molecule has 0 radical (unpaired) electrons. The van der Waals surface area contributed by atoms with Gasteiger partial charge in [-0.05, 0) is 31.0 Å². The summed E-state index contributed by atoms with van der Waals surface area (Å²) in [5, 5.41) is 1.26. The fourth-order valence-electron chi connectivity index (χ4n) is 2.39. The normalized spacial score (nSPS) is 17.0. The van der Waals surface area contributed by atoms with E-state index in [2.05, 4.69) is 43.0 Å². The predicted octanol–water partition coefficient (Wildman–Crippen LogP) is 3.77. The lowest BCUT2D eigenvalue weighted by Gasteiger charge is -2.31. The average Bonchev–Trinajstić information content (AvgIpc) is 2.45. The van der Waals surface area contributed by atoms with Crippen LogP contribution in [0.15, 0.2) is 18.2 Å². The molecule has 1 aliphatic heterocycles. The van der Waals surface area contributed by atoms with Gasteiger partial charge in [-0.3, -0.25) is 4.79 Å². The third kappa shape index (κ3) is 3.54. The lowest BCUT2D eigenvalue weighted by Crippen LogP contribution is -2.40. The molecule has 0 aromatic heterocycles. The number of hydrogen-bond acceptors (Lipinski definition) is 1. The van der Waals surface area contributed by atoms with Gasteiger partial charge in [0.25, 0.3) is 5.91 Å². The SMILES string of the molecule is CCCCN1CCc2cccc(P(P)PP)c2C1=O. The number of amides is 1. The highest BCUT2D eigenvalue weighted by Crippen LogP contribution is 2.65. The van der Waals surface area contributed by atoms with Crippen molar-refractivity contribution in [2.75, 3.05) is 13.1 Å². The molecule has 0 spiro atoms. The monoisotopic (exact) mass is 331 g/mol. The first-order valence-electron chi connectivity index (χ1n) is 6.61. The van der Waals surface area contributed by atoms with Crippen LogP contribution in [0.3, 0.4) is 0 Å². The van der Waals surface area contributed by atoms with E-state index in [1.807, 2.05) is 4.90 Å². The van der Waals surface area contributed by atoms with E-state index in [0.29, 0.717) is 0 Å². The van der Waals surface area contributed by atoms with Crippen LogP contribution in [0.5, 0.6) is 0 Å². The van der Waals surface area contributed by atoms with Gasteiger partial charge in [0.2, 0.25) is 0 Å². The summed E-state index contributed by atoms with van der Waals surface area (Å²) in [5.74, 6) is 0.253. The zero-order valence-electron chi connectivity index (χ0n) is 11.2. The molecule has 2 nitrogen and oxygen atoms in total. The maximum absolute atomic E-state index is 12.7. The van der Waals surface area contributed by atoms with Gasteiger partial charge in [0.05, 0.1) is 5.56 Å². The molecule has 1 aromatic rings. The summed E-state index contributed by atoms with van der Waals surface area (Å²) < 4.78 is 0. The summed E-state index contributed by atoms with van der Waals surface area (Å²) in [5.41, 5.74) is 2.24. The highest BCUT2D eigenvalue weighted by atomic mass is 32.6. The first-order valence-corrected chi connectivity index (χ1v) is 13.2. The maximum Gasteiger partial charge on any atom is 0.254 e. The standard InChI is InChI=1S/C13H21NOP4/c1-2-3-8-14-9-7-10-5-4-6-11(19(17)18-16)12(10)13(14)15/h4-6,18H,2-3,7-9,16-17H2,1H3. The van der Waals surface area contributed by atoms with Crippen LogP contribution in [-0.2, 0) is 6.42 Å². The molecule has 1 heterocycles. The van der Waals surface area contributed by atoms with E-state index >= 15 is 0 Å². The molecule has 1 amide bonds. The van der Waals surface area contributed by atoms with Gasteiger partial charge in [-0.2, -0.15) is 0 Å². The Balaban J connectivity index is 2.32. The fourth-order valence-corrected chi connectivity index (χ4v) is 6.13. The Morgan fingerprint density at radius 2 is 2.26 bits per heavy atom. The van der Waals surface area contributed by atoms with Gasteiger partial charge in [0.15, 0.2) is 0 Å². The molecule has 4 unspecified atom stereocenters. The molecule has 0 bridgehead atoms. The topological polar surface area (TPSA) is 20.3 Å². The van der Waals surface area contributed by atoms with Crippen molar-refractivity contribution in [2.45, 2.75) is 26.2 Å². The summed E-state index contributed by atoms with van der Waals surface area (Å²) in [6.45, 7) is 3.96. The van der Waals surface area contributed by atoms with E-state index in [-0.39, 0.29) is 13.2 Å². The van der Waals surface area contributed by atoms with Gasteiger partial charge < -0.3 is 4.90 Å². The average molecular weight is 331 g/mol. The van der Waals surface area contributed by atoms with Crippen LogP contribution < -0.4 is 5.30 Å². The second kappa shape index (κ2) is 7.43. The molecule has 0 fully saturated rings. The molecule has 0 saturated heterocycles. The Labute approximate surface area is 123 Å². The number of nitrogens with zero attached hydrogens (tertiary/aromatic N) is 1. The molecule has 19 heavy (non-hydrogen) atoms. The minimum Gasteiger partial charge on any atom is -0.338 e. The van der Waals surface area contributed by atoms with Crippen molar-refractivity contribution in [1.82, 2.24) is 4.90 Å². The van der Waals surface area contributed by atoms with Gasteiger partial charge in [0.1, 0.15) is 0 Å². The van der Waals surface area contributed by atoms with E-state index < -0.39 is 0 Å². The van der Waals surface area contributed by atoms with Crippen molar-refractivity contribution < 1.29 is 4.79 Å². The molecule has 1 aromatic carbocycles. The molecular weight excluding hydrogens is 310 g/mol. The molecule has 1 aliphatic rings. The predicted molar refractivity (Wildman–Crippen MR) is 95.2 cm³/mol. The van der Waals surface area contributed by atoms with Crippen LogP contribution in [-0.4, -0.2) is 23.9 Å². The lowest BCUT2D eigenvalue weighted by molar-refractivity contribution is 0.0739. The van der Waals surface area contributed by atoms with Crippen molar-refractivity contribution in [3.8, 4) is 0 Å². The second-order valence-electron chi connectivity index (χ2n) is 4.71. The molecule has 4 atom stereocenters. The second-order valence-corrected chi connectivity index (χ2v) is 13.8. The molecular formula is C13H21NOP4. The largest absolute Gasteiger partial charge is 0.338 e. The number of rotatable bonds is 5. The van der Waals surface area contributed by atoms with Crippen molar-refractivity contribution in [1.29, 1.82) is 0 Å². The van der Waals surface area contributed by atoms with Crippen LogP contribution in [0.1, 0.15) is 35.7 Å². The molecule has 0 aliphatic carbocycles. The minimum absolute atomic E-state index is 0.253. The quantitative estimate of drug-likeness (QED) is 0.752. The van der Waals surface area contributed by atoms with E-state index in [1.165, 1.54) is 10.9 Å². The zero-order valence-corrected chi connectivity index (χ0v) is 15.4. The summed E-state index contributed by atoms with van der Waals surface area (Å²) in [4.78, 5) is 14.7. The third-order valence-corrected chi connectivity index (χ3v) is 13.6. The van der Waals surface area contributed by atoms with Gasteiger partial charge in [-0.25, -0.2) is 0 Å². The van der Waals surface area contributed by atoms with Gasteiger partial charge in [0, 0.05) is 13.1 Å². The summed E-state index contributed by atoms with van der Waals surface area (Å²) in [6, 6.07) is 6.36. The number of fused-ring (bicyclic) bond motifs is 1. The Morgan fingerprint density at radius 1 is 1.47 bits per heavy atom. The number of unbranched alkanes of at least 4 members (excludes halogenated alkanes) is 1. The number of carbonyl (C=O) groups is 1. The van der Waals surface area contributed by atoms with Crippen LogP contribution in [0, 0.1) is 0 Å². The van der Waals surface area contributed by atoms with Crippen LogP contribution in [0.2, 0.25) is 0 Å². The Morgan fingerprint density at radius 3 is 2.95 bits per heavy atom. The van der Waals surface area contributed by atoms with E-state index in [0.717, 1.165) is 45.9 Å². The fraction of sp³-hybridized carbons (Fsp3) is 0.462. The minimum atomic E-state index is -0.287. The molecule has 2 rings (SSSR count). The number of benzene rings is 1. The van der Waals surface area contributed by atoms with Crippen LogP contribution >= 0.6 is 33.1 Å². The third-order valence-electron chi connectivity index (χ3n) is 3.46. The zero-order chi connectivity index (χ0) is 13.8. The smallest absolute Gasteiger partial charge is 0.254 e. The first-order chi connectivity index (χ1) is 9.19. The molecule has 104 valence electrons. The Hall–Kier alpha value is 0.410. The van der Waals surface area contributed by atoms with Crippen LogP contribution in [0.25, 0.3) is 0 Å². The van der Waals surface area contributed by atoms with Gasteiger partial charge in [-0.15, -0.1) is 17.9 Å². The van der Waals surface area contributed by atoms with Crippen molar-refractivity contribution in [3.63, 3.8) is 0 Å². The summed E-state index contributed by atoms with van der Waals surface area (Å²) >= 11 is 0. The van der Waals surface area contributed by atoms with E-state index in [1.54, 1.807) is 0 Å².